The van der Waals surface area contributed by atoms with Crippen molar-refractivity contribution in [2.45, 2.75) is 18.7 Å². The van der Waals surface area contributed by atoms with Crippen molar-refractivity contribution < 1.29 is 13.2 Å². The molecule has 2 aromatic carbocycles. The summed E-state index contributed by atoms with van der Waals surface area (Å²) in [4.78, 5) is 0.212. The van der Waals surface area contributed by atoms with Crippen LogP contribution in [0, 0.1) is 6.92 Å². The Morgan fingerprint density at radius 1 is 1.05 bits per heavy atom. The zero-order valence-corrected chi connectivity index (χ0v) is 12.3. The van der Waals surface area contributed by atoms with Gasteiger partial charge in [0.1, 0.15) is 5.75 Å². The van der Waals surface area contributed by atoms with E-state index in [-0.39, 0.29) is 4.90 Å². The van der Waals surface area contributed by atoms with Gasteiger partial charge in [-0.3, -0.25) is 4.72 Å². The van der Waals surface area contributed by atoms with Crippen LogP contribution in [0.4, 0.5) is 5.69 Å². The first-order valence-electron chi connectivity index (χ1n) is 6.34. The van der Waals surface area contributed by atoms with Crippen LogP contribution in [-0.4, -0.2) is 15.0 Å². The van der Waals surface area contributed by atoms with Crippen molar-refractivity contribution in [2.24, 2.45) is 0 Å². The van der Waals surface area contributed by atoms with Crippen LogP contribution >= 0.6 is 0 Å². The van der Waals surface area contributed by atoms with Gasteiger partial charge in [0.2, 0.25) is 0 Å². The van der Waals surface area contributed by atoms with Crippen LogP contribution < -0.4 is 9.46 Å². The van der Waals surface area contributed by atoms with Gasteiger partial charge in [0.25, 0.3) is 10.0 Å². The third kappa shape index (κ3) is 3.30. The van der Waals surface area contributed by atoms with E-state index in [4.69, 9.17) is 4.74 Å². The lowest BCUT2D eigenvalue weighted by Crippen LogP contribution is -2.13. The lowest BCUT2D eigenvalue weighted by molar-refractivity contribution is 0.340. The van der Waals surface area contributed by atoms with E-state index in [1.54, 1.807) is 24.3 Å². The smallest absolute Gasteiger partial charge is 0.261 e. The minimum absolute atomic E-state index is 0.212. The fraction of sp³-hybridized carbons (Fsp3) is 0.200. The second kappa shape index (κ2) is 5.96. The summed E-state index contributed by atoms with van der Waals surface area (Å²) in [6, 6.07) is 13.6. The number of hydrogen-bond acceptors (Lipinski definition) is 3. The van der Waals surface area contributed by atoms with E-state index < -0.39 is 10.0 Å². The number of nitrogens with one attached hydrogen (secondary N) is 1. The number of rotatable bonds is 5. The van der Waals surface area contributed by atoms with Gasteiger partial charge in [-0.1, -0.05) is 18.2 Å². The van der Waals surface area contributed by atoms with E-state index in [2.05, 4.69) is 4.72 Å². The first-order chi connectivity index (χ1) is 9.53. The second-order valence-corrected chi connectivity index (χ2v) is 6.01. The van der Waals surface area contributed by atoms with Gasteiger partial charge in [0.15, 0.2) is 0 Å². The molecule has 0 aliphatic carbocycles. The summed E-state index contributed by atoms with van der Waals surface area (Å²) in [5.74, 6) is 0.655. The summed E-state index contributed by atoms with van der Waals surface area (Å²) in [5.41, 5.74) is 1.46. The maximum absolute atomic E-state index is 12.3. The minimum Gasteiger partial charge on any atom is -0.494 e. The zero-order valence-electron chi connectivity index (χ0n) is 11.5. The fourth-order valence-corrected chi connectivity index (χ4v) is 2.90. The molecule has 0 aromatic heterocycles. The average Bonchev–Trinajstić information content (AvgIpc) is 2.42. The highest BCUT2D eigenvalue weighted by atomic mass is 32.2. The molecule has 0 saturated heterocycles. The molecule has 0 spiro atoms. The molecule has 5 heteroatoms. The predicted molar refractivity (Wildman–Crippen MR) is 79.6 cm³/mol. The minimum atomic E-state index is -3.57. The van der Waals surface area contributed by atoms with Crippen LogP contribution in [0.3, 0.4) is 0 Å². The molecule has 0 amide bonds. The van der Waals surface area contributed by atoms with E-state index in [0.29, 0.717) is 18.0 Å². The Hall–Kier alpha value is -2.01. The first kappa shape index (κ1) is 14.4. The normalized spacial score (nSPS) is 11.1. The Balaban J connectivity index is 2.24. The van der Waals surface area contributed by atoms with Crippen molar-refractivity contribution in [1.29, 1.82) is 0 Å². The Bertz CT molecular complexity index is 679. The van der Waals surface area contributed by atoms with Crippen LogP contribution in [-0.2, 0) is 10.0 Å². The highest BCUT2D eigenvalue weighted by molar-refractivity contribution is 7.92. The number of para-hydroxylation sites is 1. The largest absolute Gasteiger partial charge is 0.494 e. The van der Waals surface area contributed by atoms with Crippen LogP contribution in [0.1, 0.15) is 12.5 Å². The van der Waals surface area contributed by atoms with E-state index in [9.17, 15) is 8.42 Å². The predicted octanol–water partition coefficient (Wildman–Crippen LogP) is 3.19. The summed E-state index contributed by atoms with van der Waals surface area (Å²) in [7, 11) is -3.57. The van der Waals surface area contributed by atoms with Crippen molar-refractivity contribution in [2.75, 3.05) is 11.3 Å². The van der Waals surface area contributed by atoms with Crippen LogP contribution in [0.2, 0.25) is 0 Å². The first-order valence-corrected chi connectivity index (χ1v) is 7.82. The van der Waals surface area contributed by atoms with Crippen LogP contribution in [0.25, 0.3) is 0 Å². The highest BCUT2D eigenvalue weighted by Gasteiger charge is 2.14. The molecule has 0 aliphatic heterocycles. The van der Waals surface area contributed by atoms with Gasteiger partial charge in [0.05, 0.1) is 17.2 Å². The summed E-state index contributed by atoms with van der Waals surface area (Å²) >= 11 is 0. The molecule has 2 rings (SSSR count). The molecule has 4 nitrogen and oxygen atoms in total. The van der Waals surface area contributed by atoms with Crippen molar-refractivity contribution in [1.82, 2.24) is 0 Å². The standard InChI is InChI=1S/C15H17NO3S/c1-3-19-13-8-10-14(11-9-13)20(17,18)16-15-7-5-4-6-12(15)2/h4-11,16H,3H2,1-2H3. The third-order valence-electron chi connectivity index (χ3n) is 2.83. The molecule has 0 aliphatic rings. The molecule has 0 unspecified atom stereocenters. The molecule has 0 fully saturated rings. The molecule has 1 N–H and O–H groups in total. The summed E-state index contributed by atoms with van der Waals surface area (Å²) in [6.07, 6.45) is 0. The van der Waals surface area contributed by atoms with E-state index >= 15 is 0 Å². The van der Waals surface area contributed by atoms with Crippen LogP contribution in [0.15, 0.2) is 53.4 Å². The summed E-state index contributed by atoms with van der Waals surface area (Å²) in [5, 5.41) is 0. The Labute approximate surface area is 119 Å². The van der Waals surface area contributed by atoms with E-state index in [1.165, 1.54) is 12.1 Å². The summed E-state index contributed by atoms with van der Waals surface area (Å²) in [6.45, 7) is 4.29. The molecule has 106 valence electrons. The van der Waals surface area contributed by atoms with Crippen LogP contribution in [0.5, 0.6) is 5.75 Å². The van der Waals surface area contributed by atoms with Crippen molar-refractivity contribution in [3.8, 4) is 5.75 Å². The van der Waals surface area contributed by atoms with E-state index in [0.717, 1.165) is 5.56 Å². The maximum atomic E-state index is 12.3. The van der Waals surface area contributed by atoms with E-state index in [1.807, 2.05) is 26.0 Å². The number of aryl methyl sites for hydroxylation is 1. The second-order valence-electron chi connectivity index (χ2n) is 4.32. The van der Waals surface area contributed by atoms with Gasteiger partial charge in [-0.05, 0) is 49.7 Å². The average molecular weight is 291 g/mol. The molecule has 2 aromatic rings. The molecule has 0 heterocycles. The zero-order chi connectivity index (χ0) is 14.6. The number of benzene rings is 2. The molecule has 0 saturated carbocycles. The number of sulfonamides is 1. The van der Waals surface area contributed by atoms with Crippen molar-refractivity contribution in [3.05, 3.63) is 54.1 Å². The van der Waals surface area contributed by atoms with Crippen molar-refractivity contribution in [3.63, 3.8) is 0 Å². The Morgan fingerprint density at radius 2 is 1.70 bits per heavy atom. The molecule has 0 atom stereocenters. The van der Waals surface area contributed by atoms with Crippen molar-refractivity contribution >= 4 is 15.7 Å². The van der Waals surface area contributed by atoms with Gasteiger partial charge in [0, 0.05) is 0 Å². The lowest BCUT2D eigenvalue weighted by atomic mass is 10.2. The molecule has 0 bridgehead atoms. The summed E-state index contributed by atoms with van der Waals surface area (Å²) < 4.78 is 32.4. The third-order valence-corrected chi connectivity index (χ3v) is 4.22. The molecule has 20 heavy (non-hydrogen) atoms. The van der Waals surface area contributed by atoms with Gasteiger partial charge in [-0.15, -0.1) is 0 Å². The monoisotopic (exact) mass is 291 g/mol. The fourth-order valence-electron chi connectivity index (χ4n) is 1.77. The molecule has 0 radical (unpaired) electrons. The topological polar surface area (TPSA) is 55.4 Å². The highest BCUT2D eigenvalue weighted by Crippen LogP contribution is 2.21. The molecular formula is C15H17NO3S. The van der Waals surface area contributed by atoms with Gasteiger partial charge >= 0.3 is 0 Å². The lowest BCUT2D eigenvalue weighted by Gasteiger charge is -2.11. The number of anilines is 1. The maximum Gasteiger partial charge on any atom is 0.261 e. The van der Waals surface area contributed by atoms with Gasteiger partial charge in [-0.25, -0.2) is 8.42 Å². The Kier molecular flexibility index (Phi) is 4.29. The van der Waals surface area contributed by atoms with Gasteiger partial charge in [-0.2, -0.15) is 0 Å². The molecular weight excluding hydrogens is 274 g/mol. The van der Waals surface area contributed by atoms with Gasteiger partial charge < -0.3 is 4.74 Å². The SMILES string of the molecule is CCOc1ccc(S(=O)(=O)Nc2ccccc2C)cc1. The quantitative estimate of drug-likeness (QED) is 0.920. The number of hydrogen-bond donors (Lipinski definition) is 1. The number of ether oxygens (including phenoxy) is 1. The Morgan fingerprint density at radius 3 is 2.30 bits per heavy atom.